The largest absolute Gasteiger partial charge is 0.480 e. The van der Waals surface area contributed by atoms with E-state index >= 15 is 0 Å². The fourth-order valence-corrected chi connectivity index (χ4v) is 3.20. The molecule has 23 heavy (non-hydrogen) atoms. The molecule has 1 atom stereocenters. The minimum Gasteiger partial charge on any atom is -0.480 e. The minimum atomic E-state index is -0.935. The zero-order valence-corrected chi connectivity index (χ0v) is 14.6. The second-order valence-corrected chi connectivity index (χ2v) is 6.75. The van der Waals surface area contributed by atoms with Gasteiger partial charge in [-0.3, -0.25) is 0 Å². The van der Waals surface area contributed by atoms with Crippen LogP contribution in [0.4, 0.5) is 4.79 Å². The molecule has 5 nitrogen and oxygen atoms in total. The molecule has 0 heterocycles. The molecular formula is C18H34N2O3. The van der Waals surface area contributed by atoms with Crippen LogP contribution in [-0.2, 0) is 4.79 Å². The van der Waals surface area contributed by atoms with E-state index in [0.29, 0.717) is 6.42 Å². The molecule has 1 aliphatic rings. The second kappa shape index (κ2) is 12.2. The maximum Gasteiger partial charge on any atom is 0.326 e. The van der Waals surface area contributed by atoms with Crippen LogP contribution in [-0.4, -0.2) is 29.2 Å². The fourth-order valence-electron chi connectivity index (χ4n) is 3.20. The molecule has 3 N–H and O–H groups in total. The Labute approximate surface area is 140 Å². The van der Waals surface area contributed by atoms with Gasteiger partial charge < -0.3 is 15.7 Å². The van der Waals surface area contributed by atoms with Gasteiger partial charge in [-0.05, 0) is 19.3 Å². The molecule has 1 fully saturated rings. The first kappa shape index (κ1) is 19.8. The van der Waals surface area contributed by atoms with E-state index in [2.05, 4.69) is 17.6 Å². The summed E-state index contributed by atoms with van der Waals surface area (Å²) in [5, 5.41) is 14.8. The molecule has 0 bridgehead atoms. The highest BCUT2D eigenvalue weighted by Gasteiger charge is 2.21. The van der Waals surface area contributed by atoms with E-state index in [-0.39, 0.29) is 12.1 Å². The molecule has 134 valence electrons. The van der Waals surface area contributed by atoms with E-state index in [1.807, 2.05) is 0 Å². The van der Waals surface area contributed by atoms with Gasteiger partial charge in [0.25, 0.3) is 0 Å². The van der Waals surface area contributed by atoms with Crippen LogP contribution in [0.3, 0.4) is 0 Å². The van der Waals surface area contributed by atoms with Gasteiger partial charge in [-0.15, -0.1) is 0 Å². The van der Waals surface area contributed by atoms with Crippen LogP contribution in [0.2, 0.25) is 0 Å². The first-order valence-corrected chi connectivity index (χ1v) is 9.43. The van der Waals surface area contributed by atoms with Gasteiger partial charge in [0.05, 0.1) is 0 Å². The van der Waals surface area contributed by atoms with E-state index in [4.69, 9.17) is 0 Å². The Morgan fingerprint density at radius 1 is 1.00 bits per heavy atom. The quantitative estimate of drug-likeness (QED) is 0.498. The number of rotatable bonds is 11. The summed E-state index contributed by atoms with van der Waals surface area (Å²) in [5.74, 6) is -0.935. The third-order valence-corrected chi connectivity index (χ3v) is 4.64. The average Bonchev–Trinajstić information content (AvgIpc) is 2.53. The molecule has 0 aromatic carbocycles. The molecule has 1 saturated carbocycles. The highest BCUT2D eigenvalue weighted by molar-refractivity contribution is 5.82. The molecular weight excluding hydrogens is 292 g/mol. The van der Waals surface area contributed by atoms with Crippen LogP contribution in [0, 0.1) is 0 Å². The van der Waals surface area contributed by atoms with Gasteiger partial charge in [0, 0.05) is 6.04 Å². The Kier molecular flexibility index (Phi) is 10.5. The van der Waals surface area contributed by atoms with Gasteiger partial charge in [0.15, 0.2) is 0 Å². The number of nitrogens with one attached hydrogen (secondary N) is 2. The summed E-state index contributed by atoms with van der Waals surface area (Å²) >= 11 is 0. The van der Waals surface area contributed by atoms with Crippen molar-refractivity contribution in [2.45, 2.75) is 102 Å². The average molecular weight is 326 g/mol. The van der Waals surface area contributed by atoms with Crippen LogP contribution >= 0.6 is 0 Å². The van der Waals surface area contributed by atoms with Crippen molar-refractivity contribution < 1.29 is 14.7 Å². The summed E-state index contributed by atoms with van der Waals surface area (Å²) in [6, 6.07) is -0.891. The lowest BCUT2D eigenvalue weighted by atomic mass is 9.96. The highest BCUT2D eigenvalue weighted by atomic mass is 16.4. The summed E-state index contributed by atoms with van der Waals surface area (Å²) < 4.78 is 0. The van der Waals surface area contributed by atoms with Crippen LogP contribution in [0.25, 0.3) is 0 Å². The number of carbonyl (C=O) groups excluding carboxylic acids is 1. The molecule has 1 rings (SSSR count). The standard InChI is InChI=1S/C18H34N2O3/c1-2-3-4-5-6-7-11-14-16(17(21)22)20-18(23)19-15-12-9-8-10-13-15/h15-16H,2-14H2,1H3,(H,21,22)(H2,19,20,23). The van der Waals surface area contributed by atoms with Crippen molar-refractivity contribution >= 4 is 12.0 Å². The number of carboxylic acid groups (broad SMARTS) is 1. The van der Waals surface area contributed by atoms with E-state index in [1.165, 1.54) is 32.1 Å². The molecule has 0 aliphatic heterocycles. The lowest BCUT2D eigenvalue weighted by molar-refractivity contribution is -0.139. The van der Waals surface area contributed by atoms with Gasteiger partial charge in [0.2, 0.25) is 0 Å². The van der Waals surface area contributed by atoms with Crippen LogP contribution < -0.4 is 10.6 Å². The summed E-state index contributed by atoms with van der Waals surface area (Å²) in [4.78, 5) is 23.2. The zero-order valence-electron chi connectivity index (χ0n) is 14.6. The maximum atomic E-state index is 11.9. The normalized spacial score (nSPS) is 16.7. The van der Waals surface area contributed by atoms with Crippen molar-refractivity contribution in [3.05, 3.63) is 0 Å². The van der Waals surface area contributed by atoms with Gasteiger partial charge in [-0.2, -0.15) is 0 Å². The van der Waals surface area contributed by atoms with Crippen LogP contribution in [0.1, 0.15) is 90.4 Å². The first-order chi connectivity index (χ1) is 11.1. The van der Waals surface area contributed by atoms with Crippen LogP contribution in [0.5, 0.6) is 0 Å². The minimum absolute atomic E-state index is 0.205. The van der Waals surface area contributed by atoms with Crippen molar-refractivity contribution in [2.24, 2.45) is 0 Å². The number of hydrogen-bond donors (Lipinski definition) is 3. The van der Waals surface area contributed by atoms with E-state index < -0.39 is 12.0 Å². The topological polar surface area (TPSA) is 78.4 Å². The SMILES string of the molecule is CCCCCCCCCC(NC(=O)NC1CCCCC1)C(=O)O. The Bertz CT molecular complexity index is 341. The molecule has 0 aromatic rings. The van der Waals surface area contributed by atoms with E-state index in [0.717, 1.165) is 44.9 Å². The van der Waals surface area contributed by atoms with Gasteiger partial charge in [-0.25, -0.2) is 9.59 Å². The predicted molar refractivity (Wildman–Crippen MR) is 92.6 cm³/mol. The molecule has 0 radical (unpaired) electrons. The number of aliphatic carboxylic acids is 1. The summed E-state index contributed by atoms with van der Waals surface area (Å²) in [7, 11) is 0. The third kappa shape index (κ3) is 9.47. The summed E-state index contributed by atoms with van der Waals surface area (Å²) in [5.41, 5.74) is 0. The predicted octanol–water partition coefficient (Wildman–Crippen LogP) is 4.21. The molecule has 0 aromatic heterocycles. The van der Waals surface area contributed by atoms with E-state index in [9.17, 15) is 14.7 Å². The lowest BCUT2D eigenvalue weighted by Gasteiger charge is -2.24. The number of amides is 2. The molecule has 0 saturated heterocycles. The second-order valence-electron chi connectivity index (χ2n) is 6.75. The van der Waals surface area contributed by atoms with Crippen molar-refractivity contribution in [1.82, 2.24) is 10.6 Å². The van der Waals surface area contributed by atoms with Gasteiger partial charge in [0.1, 0.15) is 6.04 Å². The molecule has 5 heteroatoms. The fraction of sp³-hybridized carbons (Fsp3) is 0.889. The number of urea groups is 1. The number of carbonyl (C=O) groups is 2. The lowest BCUT2D eigenvalue weighted by Crippen LogP contribution is -2.49. The zero-order chi connectivity index (χ0) is 16.9. The highest BCUT2D eigenvalue weighted by Crippen LogP contribution is 2.17. The molecule has 2 amide bonds. The molecule has 1 unspecified atom stereocenters. The number of unbranched alkanes of at least 4 members (excludes halogenated alkanes) is 6. The smallest absolute Gasteiger partial charge is 0.326 e. The Hall–Kier alpha value is -1.26. The Balaban J connectivity index is 2.17. The summed E-state index contributed by atoms with van der Waals surface area (Å²) in [6.45, 7) is 2.20. The molecule has 1 aliphatic carbocycles. The molecule has 0 spiro atoms. The van der Waals surface area contributed by atoms with Crippen LogP contribution in [0.15, 0.2) is 0 Å². The van der Waals surface area contributed by atoms with Crippen molar-refractivity contribution in [3.8, 4) is 0 Å². The Morgan fingerprint density at radius 3 is 2.22 bits per heavy atom. The van der Waals surface area contributed by atoms with Crippen molar-refractivity contribution in [3.63, 3.8) is 0 Å². The van der Waals surface area contributed by atoms with Gasteiger partial charge in [-0.1, -0.05) is 71.1 Å². The summed E-state index contributed by atoms with van der Waals surface area (Å²) in [6.07, 6.45) is 14.1. The maximum absolute atomic E-state index is 11.9. The van der Waals surface area contributed by atoms with E-state index in [1.54, 1.807) is 0 Å². The third-order valence-electron chi connectivity index (χ3n) is 4.64. The first-order valence-electron chi connectivity index (χ1n) is 9.43. The van der Waals surface area contributed by atoms with Gasteiger partial charge >= 0.3 is 12.0 Å². The number of hydrogen-bond acceptors (Lipinski definition) is 2. The van der Waals surface area contributed by atoms with Crippen molar-refractivity contribution in [1.29, 1.82) is 0 Å². The number of carboxylic acids is 1. The monoisotopic (exact) mass is 326 g/mol. The van der Waals surface area contributed by atoms with Crippen molar-refractivity contribution in [2.75, 3.05) is 0 Å². The Morgan fingerprint density at radius 2 is 1.61 bits per heavy atom.